The molecule has 0 aromatic heterocycles. The molecule has 1 aromatic rings. The minimum atomic E-state index is -1.02. The topological polar surface area (TPSA) is 41.1 Å². The second kappa shape index (κ2) is 7.90. The molecule has 2 rings (SSSR count). The summed E-state index contributed by atoms with van der Waals surface area (Å²) in [5.74, 6) is -1.99. The van der Waals surface area contributed by atoms with E-state index in [4.69, 9.17) is 0 Å². The lowest BCUT2D eigenvalue weighted by molar-refractivity contribution is 0.0943. The Bertz CT molecular complexity index is 482. The average Bonchev–Trinajstić information content (AvgIpc) is 2.41. The minimum absolute atomic E-state index is 0. The number of hydrogen-bond donors (Lipinski definition) is 2. The Morgan fingerprint density at radius 2 is 2.10 bits per heavy atom. The minimum Gasteiger partial charge on any atom is -0.352 e. The molecule has 1 heterocycles. The lowest BCUT2D eigenvalue weighted by Crippen LogP contribution is -2.38. The van der Waals surface area contributed by atoms with E-state index in [9.17, 15) is 13.6 Å². The molecule has 112 valence electrons. The molecule has 0 saturated carbocycles. The zero-order chi connectivity index (χ0) is 13.8. The van der Waals surface area contributed by atoms with Gasteiger partial charge in [-0.25, -0.2) is 8.78 Å². The van der Waals surface area contributed by atoms with Gasteiger partial charge in [0.2, 0.25) is 0 Å². The van der Waals surface area contributed by atoms with Crippen LogP contribution in [0.1, 0.15) is 23.2 Å². The SMILES string of the molecule is Cl.O=C(NCC1CCCNC1)c1cc(F)c(F)cc1Br. The highest BCUT2D eigenvalue weighted by molar-refractivity contribution is 9.10. The van der Waals surface area contributed by atoms with Crippen LogP contribution in [0.5, 0.6) is 0 Å². The maximum atomic E-state index is 13.1. The van der Waals surface area contributed by atoms with Crippen LogP contribution in [0.2, 0.25) is 0 Å². The van der Waals surface area contributed by atoms with Crippen molar-refractivity contribution < 1.29 is 13.6 Å². The van der Waals surface area contributed by atoms with Crippen molar-refractivity contribution >= 4 is 34.2 Å². The van der Waals surface area contributed by atoms with Crippen LogP contribution in [0, 0.1) is 17.6 Å². The summed E-state index contributed by atoms with van der Waals surface area (Å²) in [5, 5.41) is 6.01. The average molecular weight is 370 g/mol. The molecule has 2 N–H and O–H groups in total. The predicted octanol–water partition coefficient (Wildman–Crippen LogP) is 2.88. The van der Waals surface area contributed by atoms with Gasteiger partial charge in [-0.15, -0.1) is 12.4 Å². The first-order valence-electron chi connectivity index (χ1n) is 6.21. The van der Waals surface area contributed by atoms with Gasteiger partial charge >= 0.3 is 0 Å². The van der Waals surface area contributed by atoms with Gasteiger partial charge in [-0.05, 0) is 59.9 Å². The van der Waals surface area contributed by atoms with Crippen molar-refractivity contribution in [3.05, 3.63) is 33.8 Å². The van der Waals surface area contributed by atoms with Crippen LogP contribution < -0.4 is 10.6 Å². The number of benzene rings is 1. The maximum absolute atomic E-state index is 13.1. The molecule has 1 aliphatic rings. The number of carbonyl (C=O) groups excluding carboxylic acids is 1. The zero-order valence-corrected chi connectivity index (χ0v) is 13.1. The van der Waals surface area contributed by atoms with Gasteiger partial charge < -0.3 is 10.6 Å². The van der Waals surface area contributed by atoms with E-state index in [1.165, 1.54) is 0 Å². The Morgan fingerprint density at radius 1 is 1.40 bits per heavy atom. The highest BCUT2D eigenvalue weighted by Crippen LogP contribution is 2.20. The quantitative estimate of drug-likeness (QED) is 0.805. The van der Waals surface area contributed by atoms with Gasteiger partial charge in [-0.2, -0.15) is 0 Å². The van der Waals surface area contributed by atoms with E-state index in [0.29, 0.717) is 12.5 Å². The molecule has 1 atom stereocenters. The largest absolute Gasteiger partial charge is 0.352 e. The van der Waals surface area contributed by atoms with Crippen LogP contribution in [0.3, 0.4) is 0 Å². The summed E-state index contributed by atoms with van der Waals surface area (Å²) in [7, 11) is 0. The number of rotatable bonds is 3. The smallest absolute Gasteiger partial charge is 0.252 e. The molecule has 20 heavy (non-hydrogen) atoms. The number of nitrogens with one attached hydrogen (secondary N) is 2. The van der Waals surface area contributed by atoms with Crippen LogP contribution in [0.4, 0.5) is 8.78 Å². The zero-order valence-electron chi connectivity index (χ0n) is 10.7. The summed E-state index contributed by atoms with van der Waals surface area (Å²) < 4.78 is 26.3. The van der Waals surface area contributed by atoms with Gasteiger partial charge in [0, 0.05) is 11.0 Å². The highest BCUT2D eigenvalue weighted by Gasteiger charge is 2.17. The fourth-order valence-corrected chi connectivity index (χ4v) is 2.62. The van der Waals surface area contributed by atoms with Crippen LogP contribution in [0.25, 0.3) is 0 Å². The second-order valence-electron chi connectivity index (χ2n) is 4.67. The van der Waals surface area contributed by atoms with Gasteiger partial charge in [0.05, 0.1) is 5.56 Å². The van der Waals surface area contributed by atoms with E-state index in [1.807, 2.05) is 0 Å². The van der Waals surface area contributed by atoms with Gasteiger partial charge in [0.1, 0.15) is 0 Å². The molecular weight excluding hydrogens is 354 g/mol. The standard InChI is InChI=1S/C13H15BrF2N2O.ClH/c14-10-5-12(16)11(15)4-9(10)13(19)18-7-8-2-1-3-17-6-8;/h4-5,8,17H,1-3,6-7H2,(H,18,19);1H. The van der Waals surface area contributed by atoms with Crippen molar-refractivity contribution in [1.29, 1.82) is 0 Å². The molecule has 0 radical (unpaired) electrons. The lowest BCUT2D eigenvalue weighted by atomic mass is 9.99. The van der Waals surface area contributed by atoms with Crippen molar-refractivity contribution in [2.45, 2.75) is 12.8 Å². The van der Waals surface area contributed by atoms with Crippen molar-refractivity contribution in [2.24, 2.45) is 5.92 Å². The number of halogens is 4. The van der Waals surface area contributed by atoms with E-state index in [0.717, 1.165) is 38.1 Å². The first-order chi connectivity index (χ1) is 9.08. The number of carbonyl (C=O) groups is 1. The predicted molar refractivity (Wildman–Crippen MR) is 79.2 cm³/mol. The third-order valence-corrected chi connectivity index (χ3v) is 3.86. The lowest BCUT2D eigenvalue weighted by Gasteiger charge is -2.23. The molecule has 3 nitrogen and oxygen atoms in total. The van der Waals surface area contributed by atoms with Gasteiger partial charge in [-0.1, -0.05) is 0 Å². The molecule has 1 fully saturated rings. The maximum Gasteiger partial charge on any atom is 0.252 e. The fourth-order valence-electron chi connectivity index (χ4n) is 2.13. The number of amides is 1. The normalized spacial score (nSPS) is 18.2. The summed E-state index contributed by atoms with van der Waals surface area (Å²) in [4.78, 5) is 11.9. The Balaban J connectivity index is 0.00000200. The van der Waals surface area contributed by atoms with Crippen LogP contribution in [-0.4, -0.2) is 25.5 Å². The summed E-state index contributed by atoms with van der Waals surface area (Å²) in [6.07, 6.45) is 2.15. The van der Waals surface area contributed by atoms with Crippen LogP contribution in [-0.2, 0) is 0 Å². The van der Waals surface area contributed by atoms with Crippen LogP contribution in [0.15, 0.2) is 16.6 Å². The van der Waals surface area contributed by atoms with E-state index in [2.05, 4.69) is 26.6 Å². The molecule has 1 amide bonds. The van der Waals surface area contributed by atoms with Crippen LogP contribution >= 0.6 is 28.3 Å². The number of hydrogen-bond acceptors (Lipinski definition) is 2. The van der Waals surface area contributed by atoms with Crippen molar-refractivity contribution in [3.8, 4) is 0 Å². The Morgan fingerprint density at radius 3 is 2.75 bits per heavy atom. The Kier molecular flexibility index (Phi) is 6.85. The first-order valence-corrected chi connectivity index (χ1v) is 7.00. The fraction of sp³-hybridized carbons (Fsp3) is 0.462. The summed E-state index contributed by atoms with van der Waals surface area (Å²) in [6, 6.07) is 1.88. The van der Waals surface area contributed by atoms with E-state index in [-0.39, 0.29) is 22.4 Å². The molecule has 0 aliphatic carbocycles. The molecule has 1 unspecified atom stereocenters. The summed E-state index contributed by atoms with van der Waals surface area (Å²) >= 11 is 3.07. The number of piperidine rings is 1. The molecule has 1 saturated heterocycles. The van der Waals surface area contributed by atoms with E-state index >= 15 is 0 Å². The Hall–Kier alpha value is -0.720. The third kappa shape index (κ3) is 4.40. The van der Waals surface area contributed by atoms with E-state index in [1.54, 1.807) is 0 Å². The summed E-state index contributed by atoms with van der Waals surface area (Å²) in [5.41, 5.74) is 0.114. The molecular formula is C13H16BrClF2N2O. The molecule has 7 heteroatoms. The van der Waals surface area contributed by atoms with Crippen molar-refractivity contribution in [2.75, 3.05) is 19.6 Å². The molecule has 1 aromatic carbocycles. The van der Waals surface area contributed by atoms with Gasteiger partial charge in [-0.3, -0.25) is 4.79 Å². The molecule has 1 aliphatic heterocycles. The molecule has 0 bridgehead atoms. The summed E-state index contributed by atoms with van der Waals surface area (Å²) in [6.45, 7) is 2.43. The van der Waals surface area contributed by atoms with E-state index < -0.39 is 17.5 Å². The Labute approximate surface area is 131 Å². The monoisotopic (exact) mass is 368 g/mol. The molecule has 0 spiro atoms. The third-order valence-electron chi connectivity index (χ3n) is 3.20. The van der Waals surface area contributed by atoms with Crippen molar-refractivity contribution in [1.82, 2.24) is 10.6 Å². The second-order valence-corrected chi connectivity index (χ2v) is 5.52. The highest BCUT2D eigenvalue weighted by atomic mass is 79.9. The van der Waals surface area contributed by atoms with Gasteiger partial charge in [0.25, 0.3) is 5.91 Å². The first kappa shape index (κ1) is 17.3. The van der Waals surface area contributed by atoms with Gasteiger partial charge in [0.15, 0.2) is 11.6 Å². The van der Waals surface area contributed by atoms with Crippen molar-refractivity contribution in [3.63, 3.8) is 0 Å².